The van der Waals surface area contributed by atoms with Crippen molar-refractivity contribution in [3.8, 4) is 11.5 Å². The first-order valence-electron chi connectivity index (χ1n) is 12.0. The summed E-state index contributed by atoms with van der Waals surface area (Å²) >= 11 is 7.79. The van der Waals surface area contributed by atoms with Gasteiger partial charge in [0.25, 0.3) is 15.9 Å². The number of halogens is 1. The van der Waals surface area contributed by atoms with Gasteiger partial charge in [-0.15, -0.1) is 22.3 Å². The number of sulfonamides is 1. The van der Waals surface area contributed by atoms with Gasteiger partial charge >= 0.3 is 0 Å². The maximum absolute atomic E-state index is 13.1. The molecule has 0 spiro atoms. The number of hydrogen-bond donors (Lipinski definition) is 0. The maximum Gasteiger partial charge on any atom is 0.294 e. The van der Waals surface area contributed by atoms with Crippen molar-refractivity contribution in [2.24, 2.45) is 4.40 Å². The zero-order chi connectivity index (χ0) is 26.8. The molecule has 11 heteroatoms. The van der Waals surface area contributed by atoms with Crippen LogP contribution in [0, 0.1) is 0 Å². The predicted octanol–water partition coefficient (Wildman–Crippen LogP) is 7.00. The third kappa shape index (κ3) is 8.10. The molecule has 0 aliphatic carbocycles. The zero-order valence-corrected chi connectivity index (χ0v) is 24.1. The zero-order valence-electron chi connectivity index (χ0n) is 20.9. The summed E-state index contributed by atoms with van der Waals surface area (Å²) in [5.74, 6) is 0.843. The van der Waals surface area contributed by atoms with Crippen LogP contribution in [0.4, 0.5) is 0 Å². The van der Waals surface area contributed by atoms with Crippen molar-refractivity contribution in [2.45, 2.75) is 49.7 Å². The Hall–Kier alpha value is -2.27. The Morgan fingerprint density at radius 3 is 2.54 bits per heavy atom. The molecule has 0 atom stereocenters. The number of thiophene rings is 1. The van der Waals surface area contributed by atoms with Gasteiger partial charge in [-0.3, -0.25) is 9.69 Å². The average Bonchev–Trinajstić information content (AvgIpc) is 3.43. The Bertz CT molecular complexity index is 1270. The van der Waals surface area contributed by atoms with Crippen LogP contribution in [0.25, 0.3) is 6.08 Å². The summed E-state index contributed by atoms with van der Waals surface area (Å²) in [6.07, 6.45) is 10.3. The van der Waals surface area contributed by atoms with Gasteiger partial charge in [-0.1, -0.05) is 62.8 Å². The second kappa shape index (κ2) is 14.0. The van der Waals surface area contributed by atoms with Crippen molar-refractivity contribution in [2.75, 3.05) is 20.3 Å². The van der Waals surface area contributed by atoms with Crippen molar-refractivity contribution < 1.29 is 22.7 Å². The van der Waals surface area contributed by atoms with E-state index < -0.39 is 10.0 Å². The molecule has 1 fully saturated rings. The molecule has 0 N–H and O–H groups in total. The highest BCUT2D eigenvalue weighted by molar-refractivity contribution is 8.19. The predicted molar refractivity (Wildman–Crippen MR) is 153 cm³/mol. The molecule has 0 unspecified atom stereocenters. The quantitative estimate of drug-likeness (QED) is 0.135. The number of hydrogen-bond acceptors (Lipinski definition) is 7. The molecule has 7 nitrogen and oxygen atoms in total. The van der Waals surface area contributed by atoms with Crippen LogP contribution in [-0.4, -0.2) is 44.7 Å². The molecule has 0 bridgehead atoms. The molecule has 200 valence electrons. The highest BCUT2D eigenvalue weighted by Crippen LogP contribution is 2.36. The summed E-state index contributed by atoms with van der Waals surface area (Å²) in [5.41, 5.74) is 0.715. The fraction of sp³-hybridized carbons (Fsp3) is 0.385. The Balaban J connectivity index is 1.75. The van der Waals surface area contributed by atoms with Gasteiger partial charge in [0.05, 0.1) is 23.0 Å². The van der Waals surface area contributed by atoms with E-state index in [0.717, 1.165) is 35.9 Å². The molecule has 1 aliphatic heterocycles. The van der Waals surface area contributed by atoms with Crippen molar-refractivity contribution in [1.82, 2.24) is 4.90 Å². The Labute approximate surface area is 232 Å². The van der Waals surface area contributed by atoms with Gasteiger partial charge in [0.1, 0.15) is 4.21 Å². The fourth-order valence-corrected chi connectivity index (χ4v) is 7.21. The number of nitrogens with zero attached hydrogens (tertiary/aromatic N) is 2. The summed E-state index contributed by atoms with van der Waals surface area (Å²) in [6.45, 7) is 6.60. The monoisotopic (exact) mass is 582 g/mol. The third-order valence-corrected chi connectivity index (χ3v) is 9.53. The second-order valence-electron chi connectivity index (χ2n) is 8.25. The Kier molecular flexibility index (Phi) is 11.1. The highest BCUT2D eigenvalue weighted by Gasteiger charge is 2.34. The minimum Gasteiger partial charge on any atom is -0.493 e. The molecule has 0 radical (unpaired) electrons. The summed E-state index contributed by atoms with van der Waals surface area (Å²) in [5, 5.41) is 0.0616. The van der Waals surface area contributed by atoms with Crippen LogP contribution in [0.5, 0.6) is 11.5 Å². The molecule has 0 saturated carbocycles. The smallest absolute Gasteiger partial charge is 0.294 e. The fourth-order valence-electron chi connectivity index (χ4n) is 3.56. The van der Waals surface area contributed by atoms with E-state index in [1.807, 2.05) is 12.1 Å². The van der Waals surface area contributed by atoms with E-state index in [0.29, 0.717) is 32.9 Å². The van der Waals surface area contributed by atoms with Crippen molar-refractivity contribution in [3.05, 3.63) is 57.8 Å². The topological polar surface area (TPSA) is 85.3 Å². The van der Waals surface area contributed by atoms with Crippen LogP contribution in [-0.2, 0) is 14.8 Å². The number of amidine groups is 1. The normalized spacial score (nSPS) is 16.1. The van der Waals surface area contributed by atoms with E-state index in [-0.39, 0.29) is 21.8 Å². The lowest BCUT2D eigenvalue weighted by Gasteiger charge is -2.12. The van der Waals surface area contributed by atoms with E-state index in [2.05, 4.69) is 17.9 Å². The van der Waals surface area contributed by atoms with Gasteiger partial charge in [-0.25, -0.2) is 0 Å². The first kappa shape index (κ1) is 29.3. The van der Waals surface area contributed by atoms with Crippen LogP contribution >= 0.6 is 34.7 Å². The van der Waals surface area contributed by atoms with Crippen molar-refractivity contribution in [3.63, 3.8) is 0 Å². The number of thioether (sulfide) groups is 1. The molecule has 1 amide bonds. The maximum atomic E-state index is 13.1. The van der Waals surface area contributed by atoms with Crippen LogP contribution in [0.2, 0.25) is 4.34 Å². The molecule has 2 heterocycles. The van der Waals surface area contributed by atoms with Gasteiger partial charge in [-0.2, -0.15) is 8.42 Å². The van der Waals surface area contributed by atoms with Gasteiger partial charge < -0.3 is 9.47 Å². The number of amides is 1. The lowest BCUT2D eigenvalue weighted by atomic mass is 10.1. The first-order valence-corrected chi connectivity index (χ1v) is 15.5. The molecule has 37 heavy (non-hydrogen) atoms. The standard InChI is InChI=1S/C26H31ClN2O5S3/c1-4-6-7-8-9-10-16-34-20-12-11-19(17-21(20)33-3)18-22-25(30)29(15-5-2)26(35-22)28-37(31,32)24-14-13-23(27)36-24/h5,11-14,17-18H,2,4,6-10,15-16H2,1,3H3/b22-18-,28-26?. The van der Waals surface area contributed by atoms with E-state index in [1.54, 1.807) is 19.3 Å². The van der Waals surface area contributed by atoms with Crippen LogP contribution in [0.3, 0.4) is 0 Å². The Morgan fingerprint density at radius 1 is 1.11 bits per heavy atom. The molecule has 2 aromatic rings. The minimum atomic E-state index is -4.02. The lowest BCUT2D eigenvalue weighted by Crippen LogP contribution is -2.29. The van der Waals surface area contributed by atoms with E-state index in [1.165, 1.54) is 48.8 Å². The van der Waals surface area contributed by atoms with Crippen LogP contribution in [0.15, 0.2) is 56.5 Å². The molecule has 1 aromatic heterocycles. The van der Waals surface area contributed by atoms with Crippen molar-refractivity contribution in [1.29, 1.82) is 0 Å². The lowest BCUT2D eigenvalue weighted by molar-refractivity contribution is -0.121. The van der Waals surface area contributed by atoms with E-state index in [9.17, 15) is 13.2 Å². The minimum absolute atomic E-state index is 0.00955. The average molecular weight is 583 g/mol. The first-order chi connectivity index (χ1) is 17.8. The number of ether oxygens (including phenoxy) is 2. The second-order valence-corrected chi connectivity index (χ2v) is 12.8. The molecular formula is C26H31ClN2O5S3. The van der Waals surface area contributed by atoms with Crippen LogP contribution < -0.4 is 9.47 Å². The summed E-state index contributed by atoms with van der Waals surface area (Å²) in [7, 11) is -2.45. The van der Waals surface area contributed by atoms with Gasteiger partial charge in [0.2, 0.25) is 0 Å². The third-order valence-electron chi connectivity index (χ3n) is 5.44. The SMILES string of the molecule is C=CCN1C(=O)/C(=C/c2ccc(OCCCCCCCC)c(OC)c2)SC1=NS(=O)(=O)c1ccc(Cl)s1. The molecule has 1 aliphatic rings. The summed E-state index contributed by atoms with van der Waals surface area (Å²) < 4.78 is 41.2. The van der Waals surface area contributed by atoms with Gasteiger partial charge in [0.15, 0.2) is 16.7 Å². The number of benzene rings is 1. The largest absolute Gasteiger partial charge is 0.493 e. The van der Waals surface area contributed by atoms with Gasteiger partial charge in [-0.05, 0) is 54.1 Å². The van der Waals surface area contributed by atoms with Crippen molar-refractivity contribution >= 4 is 61.9 Å². The summed E-state index contributed by atoms with van der Waals surface area (Å²) in [4.78, 5) is 14.7. The molecular weight excluding hydrogens is 552 g/mol. The number of rotatable bonds is 14. The van der Waals surface area contributed by atoms with E-state index >= 15 is 0 Å². The van der Waals surface area contributed by atoms with Crippen LogP contribution in [0.1, 0.15) is 51.0 Å². The number of carbonyl (C=O) groups excluding carboxylic acids is 1. The highest BCUT2D eigenvalue weighted by atomic mass is 35.5. The van der Waals surface area contributed by atoms with E-state index in [4.69, 9.17) is 21.1 Å². The summed E-state index contributed by atoms with van der Waals surface area (Å²) in [6, 6.07) is 8.32. The number of carbonyl (C=O) groups is 1. The van der Waals surface area contributed by atoms with Gasteiger partial charge in [0, 0.05) is 6.54 Å². The molecule has 3 rings (SSSR count). The number of unbranched alkanes of at least 4 members (excludes halogenated alkanes) is 5. The Morgan fingerprint density at radius 2 is 1.86 bits per heavy atom. The molecule has 1 saturated heterocycles. The number of methoxy groups -OCH3 is 1. The molecule has 1 aromatic carbocycles.